The van der Waals surface area contributed by atoms with Crippen molar-refractivity contribution in [2.75, 3.05) is 13.7 Å². The summed E-state index contributed by atoms with van der Waals surface area (Å²) in [5.74, 6) is 0.388. The lowest BCUT2D eigenvalue weighted by Gasteiger charge is -2.12. The first-order chi connectivity index (χ1) is 12.7. The molecule has 26 heavy (non-hydrogen) atoms. The van der Waals surface area contributed by atoms with E-state index in [0.717, 1.165) is 35.0 Å². The van der Waals surface area contributed by atoms with Gasteiger partial charge in [-0.2, -0.15) is 0 Å². The molecule has 2 heterocycles. The number of thiophene rings is 1. The van der Waals surface area contributed by atoms with Crippen molar-refractivity contribution in [3.05, 3.63) is 56.4 Å². The van der Waals surface area contributed by atoms with E-state index in [2.05, 4.69) is 0 Å². The third-order valence-electron chi connectivity index (χ3n) is 4.59. The van der Waals surface area contributed by atoms with Gasteiger partial charge in [0.05, 0.1) is 18.5 Å². The molecule has 0 radical (unpaired) electrons. The van der Waals surface area contributed by atoms with E-state index in [1.807, 2.05) is 0 Å². The summed E-state index contributed by atoms with van der Waals surface area (Å²) in [6.45, 7) is 0.943. The Morgan fingerprint density at radius 3 is 2.88 bits per heavy atom. The third-order valence-corrected chi connectivity index (χ3v) is 6.82. The quantitative estimate of drug-likeness (QED) is 0.471. The number of methoxy groups -OCH3 is 1. The molecule has 3 aromatic rings. The Morgan fingerprint density at radius 1 is 1.31 bits per heavy atom. The largest absolute Gasteiger partial charge is 0.383 e. The zero-order chi connectivity index (χ0) is 18.1. The van der Waals surface area contributed by atoms with Gasteiger partial charge >= 0.3 is 0 Å². The van der Waals surface area contributed by atoms with Gasteiger partial charge in [0.2, 0.25) is 0 Å². The molecular formula is C19H19FN2O2S2. The number of nitrogens with zero attached hydrogens (tertiary/aromatic N) is 2. The summed E-state index contributed by atoms with van der Waals surface area (Å²) in [7, 11) is 1.63. The van der Waals surface area contributed by atoms with Gasteiger partial charge in [-0.05, 0) is 42.5 Å². The van der Waals surface area contributed by atoms with Crippen LogP contribution in [-0.4, -0.2) is 23.3 Å². The van der Waals surface area contributed by atoms with Crippen LogP contribution >= 0.6 is 23.1 Å². The third kappa shape index (κ3) is 3.31. The Morgan fingerprint density at radius 2 is 2.12 bits per heavy atom. The highest BCUT2D eigenvalue weighted by molar-refractivity contribution is 7.98. The summed E-state index contributed by atoms with van der Waals surface area (Å²) in [4.78, 5) is 20.1. The van der Waals surface area contributed by atoms with Crippen LogP contribution in [0.3, 0.4) is 0 Å². The maximum Gasteiger partial charge on any atom is 0.263 e. The van der Waals surface area contributed by atoms with Gasteiger partial charge in [-0.1, -0.05) is 23.9 Å². The molecule has 1 aliphatic rings. The van der Waals surface area contributed by atoms with E-state index in [1.54, 1.807) is 35.1 Å². The SMILES string of the molecule is COCCn1c(SCc2ccc(F)cc2)nc2sc3c(c2c1=O)CCC3. The molecule has 0 bridgehead atoms. The van der Waals surface area contributed by atoms with Gasteiger partial charge in [0.1, 0.15) is 10.6 Å². The van der Waals surface area contributed by atoms with Crippen molar-refractivity contribution in [2.24, 2.45) is 0 Å². The molecule has 0 saturated carbocycles. The highest BCUT2D eigenvalue weighted by Crippen LogP contribution is 2.35. The normalized spacial score (nSPS) is 13.5. The zero-order valence-corrected chi connectivity index (χ0v) is 16.1. The number of thioether (sulfide) groups is 1. The molecule has 0 spiro atoms. The van der Waals surface area contributed by atoms with Crippen LogP contribution in [0.1, 0.15) is 22.4 Å². The molecule has 0 fully saturated rings. The van der Waals surface area contributed by atoms with Gasteiger partial charge in [0, 0.05) is 17.7 Å². The molecule has 0 unspecified atom stereocenters. The van der Waals surface area contributed by atoms with Gasteiger partial charge in [0.25, 0.3) is 5.56 Å². The van der Waals surface area contributed by atoms with Crippen LogP contribution < -0.4 is 5.56 Å². The first kappa shape index (κ1) is 17.7. The van der Waals surface area contributed by atoms with E-state index in [9.17, 15) is 9.18 Å². The topological polar surface area (TPSA) is 44.1 Å². The monoisotopic (exact) mass is 390 g/mol. The summed E-state index contributed by atoms with van der Waals surface area (Å²) in [6.07, 6.45) is 3.14. The molecule has 0 saturated heterocycles. The van der Waals surface area contributed by atoms with Gasteiger partial charge in [-0.15, -0.1) is 11.3 Å². The average Bonchev–Trinajstić information content (AvgIpc) is 3.21. The molecule has 136 valence electrons. The Bertz CT molecular complexity index is 995. The first-order valence-corrected chi connectivity index (χ1v) is 10.4. The van der Waals surface area contributed by atoms with Crippen LogP contribution in [0.25, 0.3) is 10.2 Å². The smallest absolute Gasteiger partial charge is 0.263 e. The van der Waals surface area contributed by atoms with E-state index in [4.69, 9.17) is 9.72 Å². The van der Waals surface area contributed by atoms with Crippen molar-refractivity contribution in [3.63, 3.8) is 0 Å². The molecule has 0 aliphatic heterocycles. The second-order valence-corrected chi connectivity index (χ2v) is 8.32. The minimum atomic E-state index is -0.247. The van der Waals surface area contributed by atoms with E-state index in [-0.39, 0.29) is 11.4 Å². The number of hydrogen-bond acceptors (Lipinski definition) is 5. The van der Waals surface area contributed by atoms with Gasteiger partial charge in [-0.25, -0.2) is 9.37 Å². The number of aryl methyl sites for hydroxylation is 2. The van der Waals surface area contributed by atoms with Crippen LogP contribution in [0.2, 0.25) is 0 Å². The molecule has 0 amide bonds. The van der Waals surface area contributed by atoms with Crippen molar-refractivity contribution < 1.29 is 9.13 Å². The summed E-state index contributed by atoms with van der Waals surface area (Å²) >= 11 is 3.16. The molecule has 1 aliphatic carbocycles. The molecule has 2 aromatic heterocycles. The zero-order valence-electron chi connectivity index (χ0n) is 14.5. The Hall–Kier alpha value is -1.70. The highest BCUT2D eigenvalue weighted by Gasteiger charge is 2.23. The van der Waals surface area contributed by atoms with Gasteiger partial charge in [-0.3, -0.25) is 9.36 Å². The molecule has 1 aromatic carbocycles. The molecule has 4 rings (SSSR count). The van der Waals surface area contributed by atoms with Crippen molar-refractivity contribution >= 4 is 33.3 Å². The molecule has 0 atom stereocenters. The second kappa shape index (κ2) is 7.50. The van der Waals surface area contributed by atoms with Crippen LogP contribution in [0, 0.1) is 5.82 Å². The molecule has 7 heteroatoms. The Balaban J connectivity index is 1.72. The number of benzene rings is 1. The van der Waals surface area contributed by atoms with Crippen LogP contribution in [0.4, 0.5) is 4.39 Å². The van der Waals surface area contributed by atoms with Crippen LogP contribution in [0.5, 0.6) is 0 Å². The van der Waals surface area contributed by atoms with E-state index >= 15 is 0 Å². The lowest BCUT2D eigenvalue weighted by atomic mass is 10.2. The van der Waals surface area contributed by atoms with Gasteiger partial charge < -0.3 is 4.74 Å². The van der Waals surface area contributed by atoms with E-state index in [1.165, 1.54) is 34.3 Å². The van der Waals surface area contributed by atoms with Crippen LogP contribution in [0.15, 0.2) is 34.2 Å². The predicted molar refractivity (Wildman–Crippen MR) is 104 cm³/mol. The number of aromatic nitrogens is 2. The minimum absolute atomic E-state index is 0.0352. The number of ether oxygens (including phenoxy) is 1. The standard InChI is InChI=1S/C19H19FN2O2S2/c1-24-10-9-22-18(23)16-14-3-2-4-15(14)26-17(16)21-19(22)25-11-12-5-7-13(20)8-6-12/h5-8H,2-4,9-11H2,1H3. The molecule has 0 N–H and O–H groups in total. The van der Waals surface area contributed by atoms with Crippen molar-refractivity contribution in [1.29, 1.82) is 0 Å². The average molecular weight is 391 g/mol. The minimum Gasteiger partial charge on any atom is -0.383 e. The van der Waals surface area contributed by atoms with Crippen molar-refractivity contribution in [3.8, 4) is 0 Å². The van der Waals surface area contributed by atoms with Crippen molar-refractivity contribution in [2.45, 2.75) is 36.7 Å². The van der Waals surface area contributed by atoms with E-state index in [0.29, 0.717) is 24.1 Å². The summed E-state index contributed by atoms with van der Waals surface area (Å²) in [5, 5.41) is 1.49. The fourth-order valence-corrected chi connectivity index (χ4v) is 5.56. The summed E-state index contributed by atoms with van der Waals surface area (Å²) in [5.41, 5.74) is 2.23. The van der Waals surface area contributed by atoms with Crippen molar-refractivity contribution in [1.82, 2.24) is 9.55 Å². The number of fused-ring (bicyclic) bond motifs is 3. The number of hydrogen-bond donors (Lipinski definition) is 0. The number of rotatable bonds is 6. The Labute approximate surface area is 159 Å². The maximum absolute atomic E-state index is 13.1. The highest BCUT2D eigenvalue weighted by atomic mass is 32.2. The second-order valence-electron chi connectivity index (χ2n) is 6.30. The fraction of sp³-hybridized carbons (Fsp3) is 0.368. The van der Waals surface area contributed by atoms with Crippen LogP contribution in [-0.2, 0) is 29.9 Å². The fourth-order valence-electron chi connectivity index (χ4n) is 3.28. The maximum atomic E-state index is 13.1. The van der Waals surface area contributed by atoms with Gasteiger partial charge in [0.15, 0.2) is 5.16 Å². The summed E-state index contributed by atoms with van der Waals surface area (Å²) < 4.78 is 20.0. The van der Waals surface area contributed by atoms with E-state index < -0.39 is 0 Å². The first-order valence-electron chi connectivity index (χ1n) is 8.58. The lowest BCUT2D eigenvalue weighted by Crippen LogP contribution is -2.25. The molecule has 4 nitrogen and oxygen atoms in total. The lowest BCUT2D eigenvalue weighted by molar-refractivity contribution is 0.183. The Kier molecular flexibility index (Phi) is 5.11. The predicted octanol–water partition coefficient (Wildman–Crippen LogP) is 4.02. The number of halogens is 1. The summed E-state index contributed by atoms with van der Waals surface area (Å²) in [6, 6.07) is 6.43. The molecular weight excluding hydrogens is 371 g/mol.